The summed E-state index contributed by atoms with van der Waals surface area (Å²) in [5.74, 6) is 1.03. The Morgan fingerprint density at radius 2 is 2.29 bits per heavy atom. The molecule has 1 N–H and O–H groups in total. The maximum absolute atomic E-state index is 11.7. The number of carbonyl (C=O) groups is 1. The minimum atomic E-state index is -0.246. The third-order valence-corrected chi connectivity index (χ3v) is 3.82. The Hall–Kier alpha value is -2.50. The molecule has 21 heavy (non-hydrogen) atoms. The fourth-order valence-corrected chi connectivity index (χ4v) is 2.43. The molecule has 6 nitrogen and oxygen atoms in total. The second kappa shape index (κ2) is 5.12. The molecule has 2 aromatic rings. The summed E-state index contributed by atoms with van der Waals surface area (Å²) >= 11 is 0. The molecule has 0 bridgehead atoms. The summed E-state index contributed by atoms with van der Waals surface area (Å²) in [7, 11) is 0. The van der Waals surface area contributed by atoms with E-state index in [-0.39, 0.29) is 5.91 Å². The number of anilines is 1. The van der Waals surface area contributed by atoms with Crippen LogP contribution in [0.4, 0.5) is 5.69 Å². The molecule has 1 heterocycles. The number of hydrogen-bond acceptors (Lipinski definition) is 4. The molecule has 2 atom stereocenters. The predicted molar refractivity (Wildman–Crippen MR) is 79.6 cm³/mol. The van der Waals surface area contributed by atoms with Gasteiger partial charge in [-0.15, -0.1) is 5.10 Å². The average Bonchev–Trinajstić information content (AvgIpc) is 3.01. The largest absolute Gasteiger partial charge is 0.322 e. The molecule has 1 aliphatic rings. The second-order valence-electron chi connectivity index (χ2n) is 5.42. The van der Waals surface area contributed by atoms with E-state index in [0.717, 1.165) is 23.2 Å². The van der Waals surface area contributed by atoms with Gasteiger partial charge in [-0.05, 0) is 47.4 Å². The summed E-state index contributed by atoms with van der Waals surface area (Å²) in [5, 5.41) is 14.9. The van der Waals surface area contributed by atoms with Crippen LogP contribution in [0.15, 0.2) is 30.9 Å². The van der Waals surface area contributed by atoms with Crippen LogP contribution >= 0.6 is 0 Å². The van der Waals surface area contributed by atoms with Gasteiger partial charge in [0, 0.05) is 5.56 Å². The lowest BCUT2D eigenvalue weighted by Crippen LogP contribution is -2.11. The van der Waals surface area contributed by atoms with Crippen LogP contribution in [-0.4, -0.2) is 26.1 Å². The Kier molecular flexibility index (Phi) is 3.29. The van der Waals surface area contributed by atoms with E-state index in [9.17, 15) is 4.79 Å². The van der Waals surface area contributed by atoms with Crippen molar-refractivity contribution in [3.05, 3.63) is 36.4 Å². The molecule has 3 rings (SSSR count). The van der Waals surface area contributed by atoms with Crippen molar-refractivity contribution < 1.29 is 4.79 Å². The first-order chi connectivity index (χ1) is 10.1. The Labute approximate surface area is 122 Å². The van der Waals surface area contributed by atoms with Gasteiger partial charge >= 0.3 is 0 Å². The lowest BCUT2D eigenvalue weighted by Gasteiger charge is -2.12. The molecule has 0 unspecified atom stereocenters. The third-order valence-electron chi connectivity index (χ3n) is 3.82. The third kappa shape index (κ3) is 2.44. The molecule has 1 aromatic heterocycles. The summed E-state index contributed by atoms with van der Waals surface area (Å²) in [6.07, 6.45) is 2.33. The minimum Gasteiger partial charge on any atom is -0.322 e. The smallest absolute Gasteiger partial charge is 0.247 e. The molecular weight excluding hydrogens is 266 g/mol. The normalized spacial score (nSPS) is 20.1. The first-order valence-corrected chi connectivity index (χ1v) is 6.93. The molecule has 1 saturated carbocycles. The summed E-state index contributed by atoms with van der Waals surface area (Å²) in [6, 6.07) is 6.14. The molecule has 1 fully saturated rings. The highest BCUT2D eigenvalue weighted by Crippen LogP contribution is 2.44. The highest BCUT2D eigenvalue weighted by Gasteiger charge is 2.37. The van der Waals surface area contributed by atoms with Crippen LogP contribution in [0, 0.1) is 12.8 Å². The summed E-state index contributed by atoms with van der Waals surface area (Å²) in [6.45, 7) is 7.60. The van der Waals surface area contributed by atoms with Gasteiger partial charge in [0.15, 0.2) is 5.82 Å². The van der Waals surface area contributed by atoms with Gasteiger partial charge in [0.1, 0.15) is 0 Å². The molecule has 0 saturated heterocycles. The Morgan fingerprint density at radius 1 is 1.52 bits per heavy atom. The van der Waals surface area contributed by atoms with Crippen molar-refractivity contribution in [2.45, 2.75) is 26.3 Å². The number of carbonyl (C=O) groups excluding carboxylic acids is 1. The van der Waals surface area contributed by atoms with Gasteiger partial charge in [-0.25, -0.2) is 4.68 Å². The topological polar surface area (TPSA) is 72.7 Å². The van der Waals surface area contributed by atoms with E-state index < -0.39 is 0 Å². The van der Waals surface area contributed by atoms with Gasteiger partial charge in [-0.3, -0.25) is 4.79 Å². The zero-order valence-electron chi connectivity index (χ0n) is 12.1. The van der Waals surface area contributed by atoms with Crippen LogP contribution in [0.2, 0.25) is 0 Å². The summed E-state index contributed by atoms with van der Waals surface area (Å²) < 4.78 is 1.85. The number of tetrazole rings is 1. The van der Waals surface area contributed by atoms with Gasteiger partial charge < -0.3 is 5.32 Å². The molecule has 1 amide bonds. The van der Waals surface area contributed by atoms with Crippen molar-refractivity contribution in [3.8, 4) is 11.4 Å². The molecule has 1 aliphatic carbocycles. The molecule has 108 valence electrons. The van der Waals surface area contributed by atoms with E-state index in [1.54, 1.807) is 0 Å². The van der Waals surface area contributed by atoms with Gasteiger partial charge in [-0.2, -0.15) is 0 Å². The zero-order chi connectivity index (χ0) is 15.0. The molecule has 0 aliphatic heterocycles. The quantitative estimate of drug-likeness (QED) is 0.874. The molecule has 6 heteroatoms. The first-order valence-electron chi connectivity index (χ1n) is 6.93. The maximum atomic E-state index is 11.7. The van der Waals surface area contributed by atoms with E-state index in [1.165, 1.54) is 6.08 Å². The monoisotopic (exact) mass is 283 g/mol. The molecule has 0 spiro atoms. The number of aryl methyl sites for hydroxylation is 1. The van der Waals surface area contributed by atoms with E-state index in [1.807, 2.05) is 29.8 Å². The van der Waals surface area contributed by atoms with Gasteiger partial charge in [0.05, 0.1) is 11.7 Å². The van der Waals surface area contributed by atoms with Crippen molar-refractivity contribution in [1.29, 1.82) is 0 Å². The molecule has 0 radical (unpaired) electrons. The highest BCUT2D eigenvalue weighted by atomic mass is 16.1. The van der Waals surface area contributed by atoms with Crippen molar-refractivity contribution in [1.82, 2.24) is 20.2 Å². The van der Waals surface area contributed by atoms with Gasteiger partial charge in [0.2, 0.25) is 5.91 Å². The van der Waals surface area contributed by atoms with Crippen molar-refractivity contribution in [2.24, 2.45) is 5.92 Å². The van der Waals surface area contributed by atoms with Crippen LogP contribution in [0.1, 0.15) is 24.9 Å². The first kappa shape index (κ1) is 13.5. The SMILES string of the molecule is C=CC(=O)Nc1c(C)cccc1-c1nnnn1[C@@H]1C[C@H]1C. The van der Waals surface area contributed by atoms with Crippen LogP contribution in [0.3, 0.4) is 0 Å². The Bertz CT molecular complexity index is 706. The molecule has 1 aromatic carbocycles. The van der Waals surface area contributed by atoms with Crippen LogP contribution < -0.4 is 5.32 Å². The number of rotatable bonds is 4. The summed E-state index contributed by atoms with van der Waals surface area (Å²) in [4.78, 5) is 11.7. The minimum absolute atomic E-state index is 0.246. The van der Waals surface area contributed by atoms with Crippen molar-refractivity contribution in [2.75, 3.05) is 5.32 Å². The molecular formula is C15H17N5O. The maximum Gasteiger partial charge on any atom is 0.247 e. The van der Waals surface area contributed by atoms with E-state index >= 15 is 0 Å². The number of para-hydroxylation sites is 1. The number of benzene rings is 1. The van der Waals surface area contributed by atoms with Crippen LogP contribution in [0.5, 0.6) is 0 Å². The Balaban J connectivity index is 2.06. The zero-order valence-corrected chi connectivity index (χ0v) is 12.1. The van der Waals surface area contributed by atoms with E-state index in [4.69, 9.17) is 0 Å². The number of nitrogens with zero attached hydrogens (tertiary/aromatic N) is 4. The predicted octanol–water partition coefficient (Wildman–Crippen LogP) is 2.35. The van der Waals surface area contributed by atoms with Crippen molar-refractivity contribution in [3.63, 3.8) is 0 Å². The fraction of sp³-hybridized carbons (Fsp3) is 0.333. The summed E-state index contributed by atoms with van der Waals surface area (Å²) in [5.41, 5.74) is 2.52. The number of amides is 1. The number of aromatic nitrogens is 4. The second-order valence-corrected chi connectivity index (χ2v) is 5.42. The standard InChI is InChI=1S/C15H17N5O/c1-4-13(21)16-14-9(2)6-5-7-11(14)15-17-18-19-20(15)12-8-10(12)3/h4-7,10,12H,1,8H2,2-3H3,(H,16,21)/t10-,12-/m1/s1. The average molecular weight is 283 g/mol. The van der Waals surface area contributed by atoms with Crippen molar-refractivity contribution >= 4 is 11.6 Å². The Morgan fingerprint density at radius 3 is 2.95 bits per heavy atom. The number of nitrogens with one attached hydrogen (secondary N) is 1. The van der Waals surface area contributed by atoms with E-state index in [2.05, 4.69) is 34.3 Å². The van der Waals surface area contributed by atoms with Gasteiger partial charge in [-0.1, -0.05) is 25.6 Å². The van der Waals surface area contributed by atoms with E-state index in [0.29, 0.717) is 17.8 Å². The van der Waals surface area contributed by atoms with Gasteiger partial charge in [0.25, 0.3) is 0 Å². The van der Waals surface area contributed by atoms with Crippen LogP contribution in [0.25, 0.3) is 11.4 Å². The van der Waals surface area contributed by atoms with Crippen LogP contribution in [-0.2, 0) is 4.79 Å². The number of hydrogen-bond donors (Lipinski definition) is 1. The highest BCUT2D eigenvalue weighted by molar-refractivity contribution is 6.02. The fourth-order valence-electron chi connectivity index (χ4n) is 2.43. The lowest BCUT2D eigenvalue weighted by atomic mass is 10.1. The lowest BCUT2D eigenvalue weighted by molar-refractivity contribution is -0.111.